The fourth-order valence-corrected chi connectivity index (χ4v) is 3.32. The van der Waals surface area contributed by atoms with E-state index in [0.29, 0.717) is 23.7 Å². The Morgan fingerprint density at radius 1 is 1.00 bits per heavy atom. The first-order valence-electron chi connectivity index (χ1n) is 9.09. The van der Waals surface area contributed by atoms with Crippen molar-refractivity contribution in [3.05, 3.63) is 96.4 Å². The number of oxime groups is 1. The molecule has 160 valence electrons. The molecule has 3 aromatic rings. The van der Waals surface area contributed by atoms with Gasteiger partial charge in [0.05, 0.1) is 18.2 Å². The van der Waals surface area contributed by atoms with Crippen molar-refractivity contribution in [1.29, 1.82) is 0 Å². The Morgan fingerprint density at radius 2 is 1.77 bits per heavy atom. The van der Waals surface area contributed by atoms with E-state index in [0.717, 1.165) is 20.1 Å². The van der Waals surface area contributed by atoms with Gasteiger partial charge in [0.25, 0.3) is 5.69 Å². The van der Waals surface area contributed by atoms with E-state index in [1.165, 1.54) is 18.3 Å². The zero-order valence-corrected chi connectivity index (χ0v) is 19.6. The van der Waals surface area contributed by atoms with E-state index < -0.39 is 4.92 Å². The lowest BCUT2D eigenvalue weighted by Gasteiger charge is -2.13. The molecule has 0 aliphatic carbocycles. The average molecular weight is 550 g/mol. The maximum absolute atomic E-state index is 10.8. The molecule has 0 radical (unpaired) electrons. The monoisotopic (exact) mass is 548 g/mol. The van der Waals surface area contributed by atoms with Gasteiger partial charge in [0.15, 0.2) is 11.5 Å². The van der Waals surface area contributed by atoms with Crippen LogP contribution in [0.5, 0.6) is 11.5 Å². The predicted molar refractivity (Wildman–Crippen MR) is 125 cm³/mol. The molecule has 3 rings (SSSR count). The Hall–Kier alpha value is -2.91. The Labute approximate surface area is 196 Å². The van der Waals surface area contributed by atoms with E-state index in [-0.39, 0.29) is 12.3 Å². The van der Waals surface area contributed by atoms with Crippen LogP contribution in [0.4, 0.5) is 5.69 Å². The van der Waals surface area contributed by atoms with Gasteiger partial charge in [0.1, 0.15) is 13.2 Å². The maximum atomic E-state index is 10.8. The number of nitro groups is 1. The second-order valence-electron chi connectivity index (χ2n) is 6.37. The normalized spacial score (nSPS) is 10.8. The molecule has 0 unspecified atom stereocenters. The van der Waals surface area contributed by atoms with Crippen molar-refractivity contribution in [2.24, 2.45) is 5.16 Å². The molecule has 0 saturated heterocycles. The highest BCUT2D eigenvalue weighted by atomic mass is 79.9. The molecule has 3 aromatic carbocycles. The zero-order chi connectivity index (χ0) is 22.2. The van der Waals surface area contributed by atoms with Crippen molar-refractivity contribution in [3.63, 3.8) is 0 Å². The first-order valence-corrected chi connectivity index (χ1v) is 10.7. The number of non-ortho nitro benzene ring substituents is 1. The summed E-state index contributed by atoms with van der Waals surface area (Å²) in [5.41, 5.74) is 2.42. The van der Waals surface area contributed by atoms with Crippen LogP contribution in [0.1, 0.15) is 16.7 Å². The number of methoxy groups -OCH3 is 1. The molecule has 0 aliphatic rings. The Bertz CT molecular complexity index is 1090. The molecule has 0 fully saturated rings. The summed E-state index contributed by atoms with van der Waals surface area (Å²) in [6.45, 7) is 0.511. The molecule has 0 N–H and O–H groups in total. The number of halogens is 2. The van der Waals surface area contributed by atoms with Crippen molar-refractivity contribution in [2.75, 3.05) is 7.11 Å². The van der Waals surface area contributed by atoms with Crippen LogP contribution < -0.4 is 9.47 Å². The van der Waals surface area contributed by atoms with Gasteiger partial charge in [-0.05, 0) is 51.3 Å². The summed E-state index contributed by atoms with van der Waals surface area (Å²) in [5.74, 6) is 1.15. The van der Waals surface area contributed by atoms with Crippen LogP contribution in [0.15, 0.2) is 74.8 Å². The topological polar surface area (TPSA) is 83.2 Å². The van der Waals surface area contributed by atoms with Gasteiger partial charge in [-0.25, -0.2) is 0 Å². The number of ether oxygens (including phenoxy) is 2. The Morgan fingerprint density at radius 3 is 2.48 bits per heavy atom. The van der Waals surface area contributed by atoms with Crippen LogP contribution in [0.2, 0.25) is 0 Å². The first-order chi connectivity index (χ1) is 15.0. The lowest BCUT2D eigenvalue weighted by molar-refractivity contribution is -0.384. The summed E-state index contributed by atoms with van der Waals surface area (Å²) in [5, 5.41) is 14.8. The number of hydrogen-bond donors (Lipinski definition) is 0. The molecule has 0 heterocycles. The lowest BCUT2D eigenvalue weighted by atomic mass is 10.2. The number of benzene rings is 3. The lowest BCUT2D eigenvalue weighted by Crippen LogP contribution is -1.99. The average Bonchev–Trinajstić information content (AvgIpc) is 2.77. The first kappa shape index (κ1) is 22.8. The van der Waals surface area contributed by atoms with Gasteiger partial charge < -0.3 is 14.3 Å². The van der Waals surface area contributed by atoms with Gasteiger partial charge in [0, 0.05) is 26.6 Å². The number of hydrogen-bond acceptors (Lipinski definition) is 6. The van der Waals surface area contributed by atoms with Gasteiger partial charge >= 0.3 is 0 Å². The van der Waals surface area contributed by atoms with Gasteiger partial charge in [-0.3, -0.25) is 10.1 Å². The number of nitro benzene ring substituents is 1. The van der Waals surface area contributed by atoms with Crippen LogP contribution in [-0.4, -0.2) is 18.2 Å². The molecule has 0 atom stereocenters. The van der Waals surface area contributed by atoms with Crippen LogP contribution in [0, 0.1) is 10.1 Å². The highest BCUT2D eigenvalue weighted by Gasteiger charge is 2.10. The smallest absolute Gasteiger partial charge is 0.269 e. The van der Waals surface area contributed by atoms with Crippen molar-refractivity contribution in [2.45, 2.75) is 13.2 Å². The van der Waals surface area contributed by atoms with Crippen molar-refractivity contribution < 1.29 is 19.2 Å². The summed E-state index contributed by atoms with van der Waals surface area (Å²) in [4.78, 5) is 15.7. The molecular formula is C22H18Br2N2O5. The van der Waals surface area contributed by atoms with Crippen molar-refractivity contribution in [3.8, 4) is 11.5 Å². The zero-order valence-electron chi connectivity index (χ0n) is 16.5. The second-order valence-corrected chi connectivity index (χ2v) is 8.14. The molecule has 0 saturated carbocycles. The van der Waals surface area contributed by atoms with Crippen LogP contribution in [-0.2, 0) is 18.1 Å². The standard InChI is InChI=1S/C22H18Br2N2O5/c1-29-21-10-17(12-25-31-14-16-3-2-4-19(9-16)26(27)28)20(24)11-22(21)30-13-15-5-7-18(23)8-6-15/h2-12H,13-14H2,1H3/b25-12-. The molecular weight excluding hydrogens is 532 g/mol. The minimum absolute atomic E-state index is 0.0105. The van der Waals surface area contributed by atoms with Crippen molar-refractivity contribution >= 4 is 43.8 Å². The van der Waals surface area contributed by atoms with Crippen LogP contribution in [0.3, 0.4) is 0 Å². The fourth-order valence-electron chi connectivity index (χ4n) is 2.63. The van der Waals surface area contributed by atoms with E-state index in [2.05, 4.69) is 37.0 Å². The third-order valence-electron chi connectivity index (χ3n) is 4.21. The van der Waals surface area contributed by atoms with Gasteiger partial charge in [-0.15, -0.1) is 0 Å². The Kier molecular flexibility index (Phi) is 8.02. The van der Waals surface area contributed by atoms with Gasteiger partial charge in [-0.2, -0.15) is 0 Å². The highest BCUT2D eigenvalue weighted by Crippen LogP contribution is 2.33. The summed E-state index contributed by atoms with van der Waals surface area (Å²) in [6, 6.07) is 17.7. The van der Waals surface area contributed by atoms with Gasteiger partial charge in [-0.1, -0.05) is 45.4 Å². The molecule has 0 bridgehead atoms. The fraction of sp³-hybridized carbons (Fsp3) is 0.136. The molecule has 0 amide bonds. The largest absolute Gasteiger partial charge is 0.493 e. The van der Waals surface area contributed by atoms with Crippen LogP contribution in [0.25, 0.3) is 0 Å². The van der Waals surface area contributed by atoms with Gasteiger partial charge in [0.2, 0.25) is 0 Å². The molecule has 0 aliphatic heterocycles. The minimum atomic E-state index is -0.448. The predicted octanol–water partition coefficient (Wildman–Crippen LogP) is 6.26. The van der Waals surface area contributed by atoms with E-state index in [9.17, 15) is 10.1 Å². The maximum Gasteiger partial charge on any atom is 0.269 e. The molecule has 31 heavy (non-hydrogen) atoms. The third-order valence-corrected chi connectivity index (χ3v) is 5.42. The second kappa shape index (κ2) is 10.9. The molecule has 0 spiro atoms. The molecule has 0 aromatic heterocycles. The summed E-state index contributed by atoms with van der Waals surface area (Å²) < 4.78 is 13.1. The summed E-state index contributed by atoms with van der Waals surface area (Å²) in [6.07, 6.45) is 1.53. The minimum Gasteiger partial charge on any atom is -0.493 e. The van der Waals surface area contributed by atoms with E-state index in [4.69, 9.17) is 14.3 Å². The van der Waals surface area contributed by atoms with E-state index in [1.807, 2.05) is 24.3 Å². The van der Waals surface area contributed by atoms with Crippen molar-refractivity contribution in [1.82, 2.24) is 0 Å². The third kappa shape index (κ3) is 6.53. The quantitative estimate of drug-likeness (QED) is 0.179. The Balaban J connectivity index is 1.64. The summed E-state index contributed by atoms with van der Waals surface area (Å²) >= 11 is 6.92. The summed E-state index contributed by atoms with van der Waals surface area (Å²) in [7, 11) is 1.56. The highest BCUT2D eigenvalue weighted by molar-refractivity contribution is 9.10. The SMILES string of the molecule is COc1cc(/C=N\OCc2cccc([N+](=O)[O-])c2)c(Br)cc1OCc1ccc(Br)cc1. The number of nitrogens with zero attached hydrogens (tertiary/aromatic N) is 2. The van der Waals surface area contributed by atoms with Crippen LogP contribution >= 0.6 is 31.9 Å². The molecule has 7 nitrogen and oxygen atoms in total. The molecule has 9 heteroatoms. The number of rotatable bonds is 9. The van der Waals surface area contributed by atoms with E-state index in [1.54, 1.807) is 31.4 Å². The van der Waals surface area contributed by atoms with E-state index >= 15 is 0 Å².